The van der Waals surface area contributed by atoms with Gasteiger partial charge >= 0.3 is 12.0 Å². The zero-order valence-electron chi connectivity index (χ0n) is 18.4. The second-order valence-electron chi connectivity index (χ2n) is 8.05. The number of anilines is 1. The molecule has 0 unspecified atom stereocenters. The van der Waals surface area contributed by atoms with Crippen molar-refractivity contribution in [2.45, 2.75) is 55.9 Å². The van der Waals surface area contributed by atoms with E-state index in [0.29, 0.717) is 36.6 Å². The molecule has 2 amide bonds. The Labute approximate surface area is 197 Å². The number of benzene rings is 1. The summed E-state index contributed by atoms with van der Waals surface area (Å²) < 4.78 is 6.74. The molecule has 1 aliphatic carbocycles. The minimum atomic E-state index is -0.817. The largest absolute Gasteiger partial charge is 0.481 e. The lowest BCUT2D eigenvalue weighted by Crippen LogP contribution is -2.46. The number of nitrogens with one attached hydrogen (secondary N) is 1. The fourth-order valence-electron chi connectivity index (χ4n) is 3.72. The van der Waals surface area contributed by atoms with Crippen LogP contribution in [0.15, 0.2) is 40.7 Å². The molecule has 0 bridgehead atoms. The van der Waals surface area contributed by atoms with E-state index in [9.17, 15) is 9.59 Å². The smallest absolute Gasteiger partial charge is 0.323 e. The highest BCUT2D eigenvalue weighted by molar-refractivity contribution is 8.01. The van der Waals surface area contributed by atoms with Gasteiger partial charge in [-0.25, -0.2) is 9.78 Å². The van der Waals surface area contributed by atoms with Gasteiger partial charge < -0.3 is 14.7 Å². The third kappa shape index (κ3) is 8.11. The van der Waals surface area contributed by atoms with Crippen LogP contribution in [0.1, 0.15) is 44.6 Å². The van der Waals surface area contributed by atoms with Gasteiger partial charge in [-0.3, -0.25) is 10.1 Å². The molecule has 0 radical (unpaired) electrons. The molecule has 1 aliphatic rings. The van der Waals surface area contributed by atoms with E-state index in [1.54, 1.807) is 6.20 Å². The van der Waals surface area contributed by atoms with Crippen molar-refractivity contribution in [3.8, 4) is 0 Å². The molecule has 7 nitrogen and oxygen atoms in total. The average Bonchev–Trinajstić information content (AvgIpc) is 3.22. The lowest BCUT2D eigenvalue weighted by molar-refractivity contribution is -0.136. The van der Waals surface area contributed by atoms with E-state index in [0.717, 1.165) is 35.5 Å². The molecule has 2 N–H and O–H groups in total. The molecule has 0 aliphatic heterocycles. The number of rotatable bonds is 11. The first kappa shape index (κ1) is 24.5. The van der Waals surface area contributed by atoms with E-state index in [4.69, 9.17) is 9.84 Å². The van der Waals surface area contributed by atoms with Gasteiger partial charge in [-0.2, -0.15) is 0 Å². The first-order valence-electron chi connectivity index (χ1n) is 11.0. The van der Waals surface area contributed by atoms with Crippen LogP contribution >= 0.6 is 23.1 Å². The molecule has 3 rings (SSSR count). The second-order valence-corrected chi connectivity index (χ2v) is 10.5. The van der Waals surface area contributed by atoms with Crippen molar-refractivity contribution in [3.05, 3.63) is 42.1 Å². The van der Waals surface area contributed by atoms with Crippen molar-refractivity contribution in [2.75, 3.05) is 24.2 Å². The van der Waals surface area contributed by atoms with Gasteiger partial charge in [-0.1, -0.05) is 48.6 Å². The first-order valence-corrected chi connectivity index (χ1v) is 12.8. The molecule has 1 aromatic heterocycles. The van der Waals surface area contributed by atoms with Crippen LogP contribution in [0.3, 0.4) is 0 Å². The Bertz CT molecular complexity index is 854. The summed E-state index contributed by atoms with van der Waals surface area (Å²) in [6.45, 7) is 3.80. The average molecular weight is 478 g/mol. The lowest BCUT2D eigenvalue weighted by atomic mass is 9.86. The number of carbonyl (C=O) groups is 2. The molecule has 2 aromatic rings. The highest BCUT2D eigenvalue weighted by atomic mass is 32.2. The number of urea groups is 1. The summed E-state index contributed by atoms with van der Waals surface area (Å²) in [7, 11) is 0. The summed E-state index contributed by atoms with van der Waals surface area (Å²) in [5, 5.41) is 12.2. The number of carboxylic acids is 1. The topological polar surface area (TPSA) is 91.8 Å². The molecule has 0 spiro atoms. The van der Waals surface area contributed by atoms with Gasteiger partial charge in [0.2, 0.25) is 0 Å². The van der Waals surface area contributed by atoms with E-state index in [1.165, 1.54) is 23.1 Å². The number of amides is 2. The maximum Gasteiger partial charge on any atom is 0.323 e. The summed E-state index contributed by atoms with van der Waals surface area (Å²) in [6, 6.07) is 10.1. The van der Waals surface area contributed by atoms with E-state index in [2.05, 4.69) is 17.2 Å². The molecular formula is C23H31N3O4S2. The predicted molar refractivity (Wildman–Crippen MR) is 128 cm³/mol. The van der Waals surface area contributed by atoms with E-state index < -0.39 is 5.97 Å². The molecular weight excluding hydrogens is 446 g/mol. The molecule has 1 fully saturated rings. The van der Waals surface area contributed by atoms with Crippen LogP contribution in [0.25, 0.3) is 0 Å². The number of aliphatic carboxylic acids is 1. The minimum Gasteiger partial charge on any atom is -0.481 e. The van der Waals surface area contributed by atoms with Crippen LogP contribution in [-0.4, -0.2) is 51.9 Å². The van der Waals surface area contributed by atoms with Crippen molar-refractivity contribution < 1.29 is 19.4 Å². The molecule has 0 saturated heterocycles. The van der Waals surface area contributed by atoms with Crippen LogP contribution in [0.2, 0.25) is 0 Å². The summed E-state index contributed by atoms with van der Waals surface area (Å²) in [5.74, 6) is 0.369. The Morgan fingerprint density at radius 1 is 1.25 bits per heavy atom. The summed E-state index contributed by atoms with van der Waals surface area (Å²) in [5.41, 5.74) is 1.12. The number of hydrogen-bond acceptors (Lipinski definition) is 6. The lowest BCUT2D eigenvalue weighted by Gasteiger charge is -2.36. The number of nitrogens with zero attached hydrogens (tertiary/aromatic N) is 2. The van der Waals surface area contributed by atoms with Gasteiger partial charge in [0.15, 0.2) is 5.13 Å². The van der Waals surface area contributed by atoms with Gasteiger partial charge in [0, 0.05) is 18.3 Å². The second kappa shape index (κ2) is 12.8. The van der Waals surface area contributed by atoms with Crippen molar-refractivity contribution in [3.63, 3.8) is 0 Å². The van der Waals surface area contributed by atoms with Crippen molar-refractivity contribution >= 4 is 40.2 Å². The van der Waals surface area contributed by atoms with Crippen LogP contribution in [0.4, 0.5) is 9.93 Å². The van der Waals surface area contributed by atoms with Gasteiger partial charge in [0.1, 0.15) is 0 Å². The zero-order valence-corrected chi connectivity index (χ0v) is 20.0. The number of thioether (sulfide) groups is 1. The van der Waals surface area contributed by atoms with Gasteiger partial charge in [-0.05, 0) is 37.2 Å². The standard InChI is InChI=1S/C23H31N3O4S2/c1-17-7-9-19(10-8-17)26(12-13-30-16-18-5-3-2-4-6-18)23(29)25-22-24-15-21(32-22)31-14-11-20(27)28/h2-6,15,17,19H,7-14,16H2,1H3,(H,27,28)(H,24,25,29)/t17-,19-. The van der Waals surface area contributed by atoms with Crippen LogP contribution in [0, 0.1) is 5.92 Å². The molecule has 1 heterocycles. The molecule has 1 aromatic carbocycles. The third-order valence-electron chi connectivity index (χ3n) is 5.53. The summed E-state index contributed by atoms with van der Waals surface area (Å²) in [6.07, 6.45) is 6.04. The zero-order chi connectivity index (χ0) is 22.8. The number of hydrogen-bond donors (Lipinski definition) is 2. The van der Waals surface area contributed by atoms with E-state index in [-0.39, 0.29) is 18.5 Å². The molecule has 1 saturated carbocycles. The molecule has 174 valence electrons. The van der Waals surface area contributed by atoms with Crippen LogP contribution in [0.5, 0.6) is 0 Å². The fraction of sp³-hybridized carbons (Fsp3) is 0.522. The highest BCUT2D eigenvalue weighted by Gasteiger charge is 2.28. The summed E-state index contributed by atoms with van der Waals surface area (Å²) >= 11 is 2.81. The Morgan fingerprint density at radius 3 is 2.72 bits per heavy atom. The van der Waals surface area contributed by atoms with Crippen LogP contribution < -0.4 is 5.32 Å². The van der Waals surface area contributed by atoms with Crippen LogP contribution in [-0.2, 0) is 16.1 Å². The maximum atomic E-state index is 13.1. The van der Waals surface area contributed by atoms with Crippen molar-refractivity contribution in [1.82, 2.24) is 9.88 Å². The Hall–Kier alpha value is -2.10. The van der Waals surface area contributed by atoms with E-state index in [1.807, 2.05) is 35.2 Å². The third-order valence-corrected chi connectivity index (χ3v) is 7.64. The predicted octanol–water partition coefficient (Wildman–Crippen LogP) is 5.34. The number of carboxylic acid groups (broad SMARTS) is 1. The number of thiazole rings is 1. The fourth-order valence-corrected chi connectivity index (χ4v) is 5.58. The number of aromatic nitrogens is 1. The SMILES string of the molecule is C[C@H]1CC[C@H](N(CCOCc2ccccc2)C(=O)Nc2ncc(SCCC(=O)O)s2)CC1. The Morgan fingerprint density at radius 2 is 2.00 bits per heavy atom. The molecule has 9 heteroatoms. The first-order chi connectivity index (χ1) is 15.5. The Kier molecular flexibility index (Phi) is 9.83. The minimum absolute atomic E-state index is 0.0983. The van der Waals surface area contributed by atoms with Gasteiger partial charge in [0.05, 0.1) is 30.0 Å². The number of ether oxygens (including phenoxy) is 1. The van der Waals surface area contributed by atoms with Crippen molar-refractivity contribution in [2.24, 2.45) is 5.92 Å². The normalized spacial score (nSPS) is 18.3. The Balaban J connectivity index is 1.54. The monoisotopic (exact) mass is 477 g/mol. The summed E-state index contributed by atoms with van der Waals surface area (Å²) in [4.78, 5) is 30.0. The van der Waals surface area contributed by atoms with E-state index >= 15 is 0 Å². The van der Waals surface area contributed by atoms with Gasteiger partial charge in [-0.15, -0.1) is 11.8 Å². The molecule has 32 heavy (non-hydrogen) atoms. The molecule has 0 atom stereocenters. The van der Waals surface area contributed by atoms with Gasteiger partial charge in [0.25, 0.3) is 0 Å². The quantitative estimate of drug-likeness (QED) is 0.335. The maximum absolute atomic E-state index is 13.1. The highest BCUT2D eigenvalue weighted by Crippen LogP contribution is 2.30. The number of carbonyl (C=O) groups excluding carboxylic acids is 1. The van der Waals surface area contributed by atoms with Crippen molar-refractivity contribution in [1.29, 1.82) is 0 Å².